The molecular weight excluding hydrogens is 262 g/mol. The van der Waals surface area contributed by atoms with Gasteiger partial charge in [-0.25, -0.2) is 13.1 Å². The summed E-state index contributed by atoms with van der Waals surface area (Å²) < 4.78 is 29.3. The fraction of sp³-hybridized carbons (Fsp3) is 0.769. The van der Waals surface area contributed by atoms with Gasteiger partial charge in [-0.2, -0.15) is 5.10 Å². The topological polar surface area (TPSA) is 64.0 Å². The number of nitrogens with zero attached hydrogens (tertiary/aromatic N) is 2. The third kappa shape index (κ3) is 3.00. The van der Waals surface area contributed by atoms with Crippen LogP contribution in [0.3, 0.4) is 0 Å². The molecule has 0 unspecified atom stereocenters. The van der Waals surface area contributed by atoms with E-state index in [-0.39, 0.29) is 0 Å². The zero-order valence-electron chi connectivity index (χ0n) is 11.9. The fourth-order valence-corrected chi connectivity index (χ4v) is 4.41. The van der Waals surface area contributed by atoms with E-state index < -0.39 is 10.0 Å². The van der Waals surface area contributed by atoms with Crippen molar-refractivity contribution >= 4 is 10.0 Å². The number of aromatic nitrogens is 2. The van der Waals surface area contributed by atoms with Crippen molar-refractivity contribution in [2.24, 2.45) is 5.92 Å². The Morgan fingerprint density at radius 2 is 1.95 bits per heavy atom. The number of hydrogen-bond acceptors (Lipinski definition) is 3. The predicted molar refractivity (Wildman–Crippen MR) is 74.5 cm³/mol. The molecule has 1 N–H and O–H groups in total. The normalized spacial score (nSPS) is 17.2. The van der Waals surface area contributed by atoms with Crippen LogP contribution in [0.2, 0.25) is 0 Å². The quantitative estimate of drug-likeness (QED) is 0.900. The van der Waals surface area contributed by atoms with Gasteiger partial charge in [0.25, 0.3) is 0 Å². The average Bonchev–Trinajstić information content (AvgIpc) is 2.95. The van der Waals surface area contributed by atoms with Crippen LogP contribution < -0.4 is 4.72 Å². The Morgan fingerprint density at radius 1 is 1.32 bits per heavy atom. The van der Waals surface area contributed by atoms with E-state index in [1.165, 1.54) is 12.8 Å². The van der Waals surface area contributed by atoms with Gasteiger partial charge in [0.15, 0.2) is 0 Å². The van der Waals surface area contributed by atoms with E-state index in [2.05, 4.69) is 9.82 Å². The number of sulfonamides is 1. The zero-order valence-corrected chi connectivity index (χ0v) is 12.8. The van der Waals surface area contributed by atoms with Crippen LogP contribution in [0.1, 0.15) is 44.0 Å². The molecule has 5 nitrogen and oxygen atoms in total. The second-order valence-corrected chi connectivity index (χ2v) is 7.02. The SMILES string of the molecule is CCn1nc(C)c(S(=O)(=O)NCC2CCCC2)c1C. The number of aryl methyl sites for hydroxylation is 2. The van der Waals surface area contributed by atoms with Crippen LogP contribution in [-0.4, -0.2) is 24.7 Å². The first-order valence-corrected chi connectivity index (χ1v) is 8.47. The molecule has 0 aliphatic heterocycles. The Morgan fingerprint density at radius 3 is 2.47 bits per heavy atom. The number of rotatable bonds is 5. The Bertz CT molecular complexity index is 542. The monoisotopic (exact) mass is 285 g/mol. The van der Waals surface area contributed by atoms with Crippen molar-refractivity contribution in [1.82, 2.24) is 14.5 Å². The zero-order chi connectivity index (χ0) is 14.0. The van der Waals surface area contributed by atoms with Gasteiger partial charge in [0, 0.05) is 13.1 Å². The summed E-state index contributed by atoms with van der Waals surface area (Å²) in [4.78, 5) is 0.354. The maximum Gasteiger partial charge on any atom is 0.244 e. The lowest BCUT2D eigenvalue weighted by Crippen LogP contribution is -2.29. The number of nitrogens with one attached hydrogen (secondary N) is 1. The predicted octanol–water partition coefficient (Wildman–Crippen LogP) is 1.99. The first kappa shape index (κ1) is 14.5. The van der Waals surface area contributed by atoms with Gasteiger partial charge in [-0.1, -0.05) is 12.8 Å². The average molecular weight is 285 g/mol. The molecule has 0 spiro atoms. The Labute approximate surface area is 115 Å². The third-order valence-corrected chi connectivity index (χ3v) is 5.60. The minimum atomic E-state index is -3.43. The summed E-state index contributed by atoms with van der Waals surface area (Å²) in [6.45, 7) is 6.77. The summed E-state index contributed by atoms with van der Waals surface area (Å²) in [7, 11) is -3.43. The van der Waals surface area contributed by atoms with Gasteiger partial charge in [0.1, 0.15) is 4.90 Å². The highest BCUT2D eigenvalue weighted by Gasteiger charge is 2.25. The van der Waals surface area contributed by atoms with E-state index in [1.54, 1.807) is 11.6 Å². The summed E-state index contributed by atoms with van der Waals surface area (Å²) in [5.41, 5.74) is 1.30. The van der Waals surface area contributed by atoms with E-state index in [0.717, 1.165) is 18.5 Å². The van der Waals surface area contributed by atoms with Crippen molar-refractivity contribution in [3.63, 3.8) is 0 Å². The Balaban J connectivity index is 2.16. The standard InChI is InChI=1S/C13H23N3O2S/c1-4-16-11(3)13(10(2)15-16)19(17,18)14-9-12-7-5-6-8-12/h12,14H,4-9H2,1-3H3. The second kappa shape index (κ2) is 5.63. The van der Waals surface area contributed by atoms with E-state index in [1.807, 2.05) is 13.8 Å². The van der Waals surface area contributed by atoms with Crippen LogP contribution >= 0.6 is 0 Å². The van der Waals surface area contributed by atoms with Crippen LogP contribution in [0.4, 0.5) is 0 Å². The van der Waals surface area contributed by atoms with Crippen molar-refractivity contribution in [2.75, 3.05) is 6.54 Å². The Hall–Kier alpha value is -0.880. The lowest BCUT2D eigenvalue weighted by molar-refractivity contribution is 0.519. The molecule has 1 aliphatic carbocycles. The van der Waals surface area contributed by atoms with Crippen LogP contribution in [0.25, 0.3) is 0 Å². The largest absolute Gasteiger partial charge is 0.268 e. The molecule has 6 heteroatoms. The van der Waals surface area contributed by atoms with Crippen molar-refractivity contribution in [3.8, 4) is 0 Å². The highest BCUT2D eigenvalue weighted by atomic mass is 32.2. The van der Waals surface area contributed by atoms with Crippen molar-refractivity contribution < 1.29 is 8.42 Å². The van der Waals surface area contributed by atoms with Gasteiger partial charge in [0.2, 0.25) is 10.0 Å². The second-order valence-electron chi connectivity index (χ2n) is 5.32. The van der Waals surface area contributed by atoms with Gasteiger partial charge in [-0.05, 0) is 39.5 Å². The molecule has 0 atom stereocenters. The van der Waals surface area contributed by atoms with Gasteiger partial charge in [0.05, 0.1) is 11.4 Å². The smallest absolute Gasteiger partial charge is 0.244 e. The Kier molecular flexibility index (Phi) is 4.30. The van der Waals surface area contributed by atoms with Crippen molar-refractivity contribution in [3.05, 3.63) is 11.4 Å². The summed E-state index contributed by atoms with van der Waals surface area (Å²) in [6.07, 6.45) is 4.71. The van der Waals surface area contributed by atoms with E-state index in [4.69, 9.17) is 0 Å². The third-order valence-electron chi connectivity index (χ3n) is 3.92. The maximum atomic E-state index is 12.4. The van der Waals surface area contributed by atoms with Crippen molar-refractivity contribution in [1.29, 1.82) is 0 Å². The molecule has 0 saturated heterocycles. The molecule has 1 aromatic heterocycles. The lowest BCUT2D eigenvalue weighted by atomic mass is 10.1. The van der Waals surface area contributed by atoms with Crippen LogP contribution in [0, 0.1) is 19.8 Å². The van der Waals surface area contributed by atoms with Gasteiger partial charge in [-0.3, -0.25) is 4.68 Å². The molecule has 0 bridgehead atoms. The molecule has 0 radical (unpaired) electrons. The highest BCUT2D eigenvalue weighted by molar-refractivity contribution is 7.89. The maximum absolute atomic E-state index is 12.4. The van der Waals surface area contributed by atoms with Crippen LogP contribution in [0.5, 0.6) is 0 Å². The van der Waals surface area contributed by atoms with Crippen molar-refractivity contribution in [2.45, 2.75) is 57.9 Å². The molecule has 0 aromatic carbocycles. The molecule has 1 heterocycles. The minimum absolute atomic E-state index is 0.354. The minimum Gasteiger partial charge on any atom is -0.268 e. The molecule has 108 valence electrons. The van der Waals surface area contributed by atoms with Crippen LogP contribution in [0.15, 0.2) is 4.90 Å². The lowest BCUT2D eigenvalue weighted by Gasteiger charge is -2.11. The summed E-state index contributed by atoms with van der Waals surface area (Å²) in [5.74, 6) is 0.497. The van der Waals surface area contributed by atoms with E-state index in [0.29, 0.717) is 29.6 Å². The summed E-state index contributed by atoms with van der Waals surface area (Å²) >= 11 is 0. The molecule has 1 aromatic rings. The highest BCUT2D eigenvalue weighted by Crippen LogP contribution is 2.25. The van der Waals surface area contributed by atoms with Gasteiger partial charge < -0.3 is 0 Å². The molecule has 1 saturated carbocycles. The molecule has 19 heavy (non-hydrogen) atoms. The summed E-state index contributed by atoms with van der Waals surface area (Å²) in [6, 6.07) is 0. The summed E-state index contributed by atoms with van der Waals surface area (Å²) in [5, 5.41) is 4.27. The fourth-order valence-electron chi connectivity index (χ4n) is 2.89. The molecular formula is C13H23N3O2S. The van der Waals surface area contributed by atoms with Gasteiger partial charge in [-0.15, -0.1) is 0 Å². The van der Waals surface area contributed by atoms with Gasteiger partial charge >= 0.3 is 0 Å². The molecule has 1 fully saturated rings. The molecule has 0 amide bonds. The molecule has 2 rings (SSSR count). The first-order valence-electron chi connectivity index (χ1n) is 6.99. The van der Waals surface area contributed by atoms with E-state index >= 15 is 0 Å². The first-order chi connectivity index (χ1) is 8.95. The molecule has 1 aliphatic rings. The number of hydrogen-bond donors (Lipinski definition) is 1. The van der Waals surface area contributed by atoms with E-state index in [9.17, 15) is 8.42 Å². The van der Waals surface area contributed by atoms with Crippen LogP contribution in [-0.2, 0) is 16.6 Å².